The van der Waals surface area contributed by atoms with Crippen molar-refractivity contribution >= 4 is 22.6 Å². The van der Waals surface area contributed by atoms with Gasteiger partial charge in [-0.15, -0.1) is 0 Å². The topological polar surface area (TPSA) is 30.7 Å². The van der Waals surface area contributed by atoms with E-state index in [1.807, 2.05) is 16.8 Å². The number of halogens is 1. The summed E-state index contributed by atoms with van der Waals surface area (Å²) in [7, 11) is 0. The first-order chi connectivity index (χ1) is 9.70. The maximum Gasteiger partial charge on any atom is 0.181 e. The Morgan fingerprint density at radius 3 is 2.65 bits per heavy atom. The summed E-state index contributed by atoms with van der Waals surface area (Å²) in [6.45, 7) is 2.85. The first-order valence-electron chi connectivity index (χ1n) is 6.42. The first-order valence-corrected chi connectivity index (χ1v) is 7.49. The molecule has 3 rings (SSSR count). The number of aryl methyl sites for hydroxylation is 1. The molecule has 3 aromatic rings. The van der Waals surface area contributed by atoms with E-state index in [4.69, 9.17) is 0 Å². The van der Waals surface area contributed by atoms with Gasteiger partial charge in [-0.25, -0.2) is 9.67 Å². The summed E-state index contributed by atoms with van der Waals surface area (Å²) in [5.41, 5.74) is 3.55. The maximum absolute atomic E-state index is 4.54. The summed E-state index contributed by atoms with van der Waals surface area (Å²) >= 11 is 2.29. The minimum atomic E-state index is 0.749. The number of benzene rings is 2. The van der Waals surface area contributed by atoms with Crippen LogP contribution in [0.15, 0.2) is 54.9 Å². The number of nitrogens with zero attached hydrogens (tertiary/aromatic N) is 3. The Bertz CT molecular complexity index is 717. The van der Waals surface area contributed by atoms with E-state index < -0.39 is 0 Å². The van der Waals surface area contributed by atoms with E-state index in [0.29, 0.717) is 0 Å². The van der Waals surface area contributed by atoms with Crippen molar-refractivity contribution in [2.45, 2.75) is 13.5 Å². The monoisotopic (exact) mass is 375 g/mol. The Kier molecular flexibility index (Phi) is 3.82. The molecule has 0 aliphatic rings. The van der Waals surface area contributed by atoms with Crippen LogP contribution in [0.4, 0.5) is 0 Å². The minimum absolute atomic E-state index is 0.749. The molecule has 100 valence electrons. The fourth-order valence-electron chi connectivity index (χ4n) is 2.10. The average Bonchev–Trinajstić information content (AvgIpc) is 2.88. The van der Waals surface area contributed by atoms with Crippen molar-refractivity contribution < 1.29 is 0 Å². The van der Waals surface area contributed by atoms with Crippen LogP contribution in [-0.4, -0.2) is 14.8 Å². The van der Waals surface area contributed by atoms with Crippen LogP contribution >= 0.6 is 22.6 Å². The molecule has 1 heterocycles. The molecular weight excluding hydrogens is 361 g/mol. The van der Waals surface area contributed by atoms with Crippen molar-refractivity contribution in [2.75, 3.05) is 0 Å². The molecule has 0 saturated carbocycles. The van der Waals surface area contributed by atoms with Crippen LogP contribution in [0, 0.1) is 10.5 Å². The second-order valence-electron chi connectivity index (χ2n) is 4.76. The lowest BCUT2D eigenvalue weighted by atomic mass is 10.1. The fourth-order valence-corrected chi connectivity index (χ4v) is 2.46. The van der Waals surface area contributed by atoms with Crippen molar-refractivity contribution in [3.63, 3.8) is 0 Å². The number of rotatable bonds is 3. The van der Waals surface area contributed by atoms with E-state index in [0.717, 1.165) is 17.9 Å². The van der Waals surface area contributed by atoms with Gasteiger partial charge in [-0.3, -0.25) is 0 Å². The normalized spacial score (nSPS) is 10.7. The molecule has 3 nitrogen and oxygen atoms in total. The fraction of sp³-hybridized carbons (Fsp3) is 0.125. The molecule has 0 radical (unpaired) electrons. The summed E-state index contributed by atoms with van der Waals surface area (Å²) in [5, 5.41) is 4.54. The Hall–Kier alpha value is -1.69. The quantitative estimate of drug-likeness (QED) is 0.650. The molecule has 0 atom stereocenters. The number of aromatic nitrogens is 3. The van der Waals surface area contributed by atoms with Crippen LogP contribution in [-0.2, 0) is 6.54 Å². The molecular formula is C16H14IN3. The summed E-state index contributed by atoms with van der Waals surface area (Å²) in [5.74, 6) is 0.772. The largest absolute Gasteiger partial charge is 0.248 e. The van der Waals surface area contributed by atoms with E-state index in [1.54, 1.807) is 6.33 Å². The Morgan fingerprint density at radius 2 is 1.90 bits per heavy atom. The number of hydrogen-bond acceptors (Lipinski definition) is 2. The zero-order valence-corrected chi connectivity index (χ0v) is 13.3. The molecule has 0 aliphatic heterocycles. The average molecular weight is 375 g/mol. The van der Waals surface area contributed by atoms with Crippen molar-refractivity contribution in [1.82, 2.24) is 14.8 Å². The molecule has 0 spiro atoms. The van der Waals surface area contributed by atoms with Crippen LogP contribution in [0.3, 0.4) is 0 Å². The van der Waals surface area contributed by atoms with Gasteiger partial charge in [0.05, 0.1) is 6.54 Å². The molecule has 2 aromatic carbocycles. The molecule has 0 fully saturated rings. The highest BCUT2D eigenvalue weighted by molar-refractivity contribution is 14.1. The van der Waals surface area contributed by atoms with Gasteiger partial charge in [0.25, 0.3) is 0 Å². The molecule has 1 aromatic heterocycles. The molecule has 0 bridgehead atoms. The van der Waals surface area contributed by atoms with Gasteiger partial charge in [0, 0.05) is 9.13 Å². The Labute approximate surface area is 131 Å². The van der Waals surface area contributed by atoms with E-state index in [9.17, 15) is 0 Å². The van der Waals surface area contributed by atoms with E-state index in [1.165, 1.54) is 14.7 Å². The lowest BCUT2D eigenvalue weighted by molar-refractivity contribution is 0.686. The van der Waals surface area contributed by atoms with Crippen molar-refractivity contribution in [3.8, 4) is 11.4 Å². The highest BCUT2D eigenvalue weighted by Gasteiger charge is 2.04. The Morgan fingerprint density at radius 1 is 1.10 bits per heavy atom. The van der Waals surface area contributed by atoms with Gasteiger partial charge in [-0.2, -0.15) is 5.10 Å². The minimum Gasteiger partial charge on any atom is -0.248 e. The Balaban J connectivity index is 1.82. The third-order valence-electron chi connectivity index (χ3n) is 3.07. The molecule has 0 N–H and O–H groups in total. The molecule has 0 saturated heterocycles. The third kappa shape index (κ3) is 3.07. The number of hydrogen-bond donors (Lipinski definition) is 0. The van der Waals surface area contributed by atoms with Crippen LogP contribution in [0.2, 0.25) is 0 Å². The van der Waals surface area contributed by atoms with Crippen molar-refractivity contribution in [3.05, 3.63) is 69.6 Å². The SMILES string of the molecule is Cc1cccc(Cn2cnc(-c3ccc(I)cc3)n2)c1. The van der Waals surface area contributed by atoms with Gasteiger partial charge in [0.1, 0.15) is 6.33 Å². The predicted molar refractivity (Wildman–Crippen MR) is 88.5 cm³/mol. The highest BCUT2D eigenvalue weighted by atomic mass is 127. The van der Waals surface area contributed by atoms with Crippen molar-refractivity contribution in [2.24, 2.45) is 0 Å². The van der Waals surface area contributed by atoms with Crippen molar-refractivity contribution in [1.29, 1.82) is 0 Å². The second kappa shape index (κ2) is 5.75. The van der Waals surface area contributed by atoms with Crippen LogP contribution in [0.25, 0.3) is 11.4 Å². The van der Waals surface area contributed by atoms with Gasteiger partial charge in [0.15, 0.2) is 5.82 Å². The molecule has 4 heteroatoms. The van der Waals surface area contributed by atoms with Crippen LogP contribution < -0.4 is 0 Å². The lowest BCUT2D eigenvalue weighted by Gasteiger charge is -2.02. The molecule has 0 aliphatic carbocycles. The second-order valence-corrected chi connectivity index (χ2v) is 6.01. The summed E-state index contributed by atoms with van der Waals surface area (Å²) in [4.78, 5) is 4.38. The lowest BCUT2D eigenvalue weighted by Crippen LogP contribution is -2.00. The zero-order valence-electron chi connectivity index (χ0n) is 11.1. The maximum atomic E-state index is 4.54. The van der Waals surface area contributed by atoms with Gasteiger partial charge in [-0.05, 0) is 47.2 Å². The van der Waals surface area contributed by atoms with E-state index >= 15 is 0 Å². The highest BCUT2D eigenvalue weighted by Crippen LogP contribution is 2.16. The standard InChI is InChI=1S/C16H14IN3/c1-12-3-2-4-13(9-12)10-20-11-18-16(19-20)14-5-7-15(17)8-6-14/h2-9,11H,10H2,1H3. The van der Waals surface area contributed by atoms with Crippen LogP contribution in [0.5, 0.6) is 0 Å². The van der Waals surface area contributed by atoms with Crippen LogP contribution in [0.1, 0.15) is 11.1 Å². The molecule has 20 heavy (non-hydrogen) atoms. The van der Waals surface area contributed by atoms with Gasteiger partial charge in [-0.1, -0.05) is 42.0 Å². The summed E-state index contributed by atoms with van der Waals surface area (Å²) in [6.07, 6.45) is 1.79. The van der Waals surface area contributed by atoms with E-state index in [2.05, 4.69) is 76.0 Å². The van der Waals surface area contributed by atoms with E-state index in [-0.39, 0.29) is 0 Å². The predicted octanol–water partition coefficient (Wildman–Crippen LogP) is 3.91. The first kappa shape index (κ1) is 13.3. The molecule has 0 unspecified atom stereocenters. The smallest absolute Gasteiger partial charge is 0.181 e. The zero-order chi connectivity index (χ0) is 13.9. The summed E-state index contributed by atoms with van der Waals surface area (Å²) in [6, 6.07) is 16.7. The van der Waals surface area contributed by atoms with Gasteiger partial charge < -0.3 is 0 Å². The molecule has 0 amide bonds. The van der Waals surface area contributed by atoms with Gasteiger partial charge >= 0.3 is 0 Å². The summed E-state index contributed by atoms with van der Waals surface area (Å²) < 4.78 is 3.09. The third-order valence-corrected chi connectivity index (χ3v) is 3.79. The van der Waals surface area contributed by atoms with Gasteiger partial charge in [0.2, 0.25) is 0 Å².